The van der Waals surface area contributed by atoms with Gasteiger partial charge in [-0.05, 0) is 67.9 Å². The van der Waals surface area contributed by atoms with Gasteiger partial charge in [0.25, 0.3) is 0 Å². The second-order valence-corrected chi connectivity index (χ2v) is 7.84. The van der Waals surface area contributed by atoms with E-state index in [1.165, 1.54) is 25.9 Å². The first kappa shape index (κ1) is 18.8. The average Bonchev–Trinajstić information content (AvgIpc) is 3.42. The highest BCUT2D eigenvalue weighted by atomic mass is 32.1. The standard InChI is InChI=1S/C22H25N3O2S/c1-26-20-6-4-5-17(15-20)21-16-23-22(28-21)24-18-7-9-19(10-8-18)27-14-13-25-11-2-3-12-25/h4-10,15-16H,2-3,11-14H2,1H3,(H,23,24). The zero-order chi connectivity index (χ0) is 19.2. The van der Waals surface area contributed by atoms with Crippen LogP contribution in [0.25, 0.3) is 10.4 Å². The number of hydrogen-bond acceptors (Lipinski definition) is 6. The maximum Gasteiger partial charge on any atom is 0.187 e. The number of nitrogens with one attached hydrogen (secondary N) is 1. The summed E-state index contributed by atoms with van der Waals surface area (Å²) in [4.78, 5) is 8.05. The minimum Gasteiger partial charge on any atom is -0.497 e. The minimum atomic E-state index is 0.739. The molecule has 0 bridgehead atoms. The average molecular weight is 396 g/mol. The van der Waals surface area contributed by atoms with E-state index in [0.29, 0.717) is 0 Å². The second kappa shape index (κ2) is 9.08. The fourth-order valence-corrected chi connectivity index (χ4v) is 4.13. The highest BCUT2D eigenvalue weighted by Crippen LogP contribution is 2.32. The molecule has 0 atom stereocenters. The molecule has 2 heterocycles. The molecule has 6 heteroatoms. The number of likely N-dealkylation sites (tertiary alicyclic amines) is 1. The van der Waals surface area contributed by atoms with E-state index in [1.54, 1.807) is 18.4 Å². The van der Waals surface area contributed by atoms with Gasteiger partial charge >= 0.3 is 0 Å². The lowest BCUT2D eigenvalue weighted by atomic mass is 10.2. The normalized spacial score (nSPS) is 14.2. The maximum absolute atomic E-state index is 5.86. The summed E-state index contributed by atoms with van der Waals surface area (Å²) < 4.78 is 11.2. The summed E-state index contributed by atoms with van der Waals surface area (Å²) in [6.07, 6.45) is 4.52. The molecule has 0 saturated carbocycles. The van der Waals surface area contributed by atoms with Crippen molar-refractivity contribution < 1.29 is 9.47 Å². The van der Waals surface area contributed by atoms with Crippen LogP contribution in [0, 0.1) is 0 Å². The fourth-order valence-electron chi connectivity index (χ4n) is 3.30. The van der Waals surface area contributed by atoms with Crippen molar-refractivity contribution in [2.45, 2.75) is 12.8 Å². The first-order valence-corrected chi connectivity index (χ1v) is 10.4. The summed E-state index contributed by atoms with van der Waals surface area (Å²) in [5.74, 6) is 1.75. The lowest BCUT2D eigenvalue weighted by Crippen LogP contribution is -2.25. The van der Waals surface area contributed by atoms with E-state index < -0.39 is 0 Å². The Labute approximate surface area is 169 Å². The Hall–Kier alpha value is -2.57. The molecule has 0 spiro atoms. The van der Waals surface area contributed by atoms with Gasteiger partial charge in [-0.25, -0.2) is 4.98 Å². The van der Waals surface area contributed by atoms with Crippen molar-refractivity contribution in [3.05, 3.63) is 54.7 Å². The predicted octanol–water partition coefficient (Wildman–Crippen LogP) is 5.04. The van der Waals surface area contributed by atoms with Gasteiger partial charge in [0.15, 0.2) is 5.13 Å². The molecular weight excluding hydrogens is 370 g/mol. The number of hydrogen-bond donors (Lipinski definition) is 1. The van der Waals surface area contributed by atoms with E-state index in [9.17, 15) is 0 Å². The van der Waals surface area contributed by atoms with E-state index in [-0.39, 0.29) is 0 Å². The highest BCUT2D eigenvalue weighted by molar-refractivity contribution is 7.18. The SMILES string of the molecule is COc1cccc(-c2cnc(Nc3ccc(OCCN4CCCC4)cc3)s2)c1. The van der Waals surface area contributed by atoms with Crippen LogP contribution < -0.4 is 14.8 Å². The molecular formula is C22H25N3O2S. The number of nitrogens with zero attached hydrogens (tertiary/aromatic N) is 2. The molecule has 0 amide bonds. The predicted molar refractivity (Wildman–Crippen MR) is 115 cm³/mol. The molecule has 28 heavy (non-hydrogen) atoms. The monoisotopic (exact) mass is 395 g/mol. The van der Waals surface area contributed by atoms with Crippen LogP contribution in [-0.4, -0.2) is 43.2 Å². The third-order valence-electron chi connectivity index (χ3n) is 4.84. The maximum atomic E-state index is 5.86. The summed E-state index contributed by atoms with van der Waals surface area (Å²) in [5, 5.41) is 4.22. The van der Waals surface area contributed by atoms with Gasteiger partial charge in [0.05, 0.1) is 12.0 Å². The second-order valence-electron chi connectivity index (χ2n) is 6.81. The van der Waals surface area contributed by atoms with Crippen molar-refractivity contribution >= 4 is 22.2 Å². The van der Waals surface area contributed by atoms with Crippen LogP contribution in [0.4, 0.5) is 10.8 Å². The molecule has 1 aliphatic heterocycles. The van der Waals surface area contributed by atoms with Crippen molar-refractivity contribution in [2.24, 2.45) is 0 Å². The Morgan fingerprint density at radius 2 is 1.89 bits per heavy atom. The summed E-state index contributed by atoms with van der Waals surface area (Å²) in [6.45, 7) is 4.16. The molecule has 146 valence electrons. The Kier molecular flexibility index (Phi) is 6.09. The Morgan fingerprint density at radius 3 is 2.68 bits per heavy atom. The molecule has 0 aliphatic carbocycles. The molecule has 2 aromatic carbocycles. The Balaban J connectivity index is 1.32. The van der Waals surface area contributed by atoms with Crippen LogP contribution >= 0.6 is 11.3 Å². The van der Waals surface area contributed by atoms with Gasteiger partial charge in [-0.15, -0.1) is 0 Å². The minimum absolute atomic E-state index is 0.739. The van der Waals surface area contributed by atoms with Crippen molar-refractivity contribution in [3.63, 3.8) is 0 Å². The van der Waals surface area contributed by atoms with Crippen LogP contribution in [0.3, 0.4) is 0 Å². The van der Waals surface area contributed by atoms with E-state index in [2.05, 4.69) is 21.3 Å². The number of anilines is 2. The highest BCUT2D eigenvalue weighted by Gasteiger charge is 2.11. The molecule has 3 aromatic rings. The van der Waals surface area contributed by atoms with Gasteiger partial charge in [0, 0.05) is 18.4 Å². The number of benzene rings is 2. The van der Waals surface area contributed by atoms with Gasteiger partial charge in [-0.1, -0.05) is 23.5 Å². The van der Waals surface area contributed by atoms with E-state index in [0.717, 1.165) is 45.9 Å². The largest absolute Gasteiger partial charge is 0.497 e. The van der Waals surface area contributed by atoms with Crippen LogP contribution in [0.2, 0.25) is 0 Å². The lowest BCUT2D eigenvalue weighted by Gasteiger charge is -2.15. The molecule has 0 unspecified atom stereocenters. The molecule has 5 nitrogen and oxygen atoms in total. The van der Waals surface area contributed by atoms with Crippen molar-refractivity contribution in [1.29, 1.82) is 0 Å². The van der Waals surface area contributed by atoms with Crippen LogP contribution in [-0.2, 0) is 0 Å². The van der Waals surface area contributed by atoms with E-state index in [1.807, 2.05) is 48.7 Å². The first-order chi connectivity index (χ1) is 13.8. The molecule has 1 fully saturated rings. The van der Waals surface area contributed by atoms with E-state index in [4.69, 9.17) is 9.47 Å². The van der Waals surface area contributed by atoms with Crippen molar-refractivity contribution in [1.82, 2.24) is 9.88 Å². The van der Waals surface area contributed by atoms with Crippen LogP contribution in [0.5, 0.6) is 11.5 Å². The van der Waals surface area contributed by atoms with E-state index >= 15 is 0 Å². The molecule has 1 aliphatic rings. The summed E-state index contributed by atoms with van der Waals surface area (Å²) in [6, 6.07) is 16.1. The Morgan fingerprint density at radius 1 is 1.07 bits per heavy atom. The summed E-state index contributed by atoms with van der Waals surface area (Å²) in [5.41, 5.74) is 2.10. The zero-order valence-corrected chi connectivity index (χ0v) is 16.9. The van der Waals surface area contributed by atoms with Crippen molar-refractivity contribution in [2.75, 3.05) is 38.7 Å². The van der Waals surface area contributed by atoms with Gasteiger partial charge in [-0.3, -0.25) is 4.90 Å². The number of thiazole rings is 1. The van der Waals surface area contributed by atoms with Gasteiger partial charge in [0.2, 0.25) is 0 Å². The van der Waals surface area contributed by atoms with Gasteiger partial charge < -0.3 is 14.8 Å². The third-order valence-corrected chi connectivity index (χ3v) is 5.80. The quantitative estimate of drug-likeness (QED) is 0.579. The van der Waals surface area contributed by atoms with Crippen LogP contribution in [0.1, 0.15) is 12.8 Å². The molecule has 1 N–H and O–H groups in total. The summed E-state index contributed by atoms with van der Waals surface area (Å²) >= 11 is 1.62. The fraction of sp³-hybridized carbons (Fsp3) is 0.318. The van der Waals surface area contributed by atoms with Gasteiger partial charge in [0.1, 0.15) is 18.1 Å². The molecule has 0 radical (unpaired) electrons. The molecule has 1 aromatic heterocycles. The zero-order valence-electron chi connectivity index (χ0n) is 16.1. The van der Waals surface area contributed by atoms with Crippen molar-refractivity contribution in [3.8, 4) is 21.9 Å². The Bertz CT molecular complexity index is 889. The number of aromatic nitrogens is 1. The molecule has 1 saturated heterocycles. The topological polar surface area (TPSA) is 46.6 Å². The van der Waals surface area contributed by atoms with Crippen LogP contribution in [0.15, 0.2) is 54.7 Å². The number of rotatable bonds is 8. The molecule has 4 rings (SSSR count). The third kappa shape index (κ3) is 4.82. The first-order valence-electron chi connectivity index (χ1n) is 9.63. The summed E-state index contributed by atoms with van der Waals surface area (Å²) in [7, 11) is 1.68. The van der Waals surface area contributed by atoms with Gasteiger partial charge in [-0.2, -0.15) is 0 Å². The number of ether oxygens (including phenoxy) is 2. The lowest BCUT2D eigenvalue weighted by molar-refractivity contribution is 0.238. The number of methoxy groups -OCH3 is 1. The smallest absolute Gasteiger partial charge is 0.187 e.